The van der Waals surface area contributed by atoms with Gasteiger partial charge in [0.1, 0.15) is 5.78 Å². The highest BCUT2D eigenvalue weighted by atomic mass is 16.1. The van der Waals surface area contributed by atoms with Crippen LogP contribution < -0.4 is 0 Å². The van der Waals surface area contributed by atoms with Crippen LogP contribution >= 0.6 is 0 Å². The predicted octanol–water partition coefficient (Wildman–Crippen LogP) is 3.04. The first-order valence-corrected chi connectivity index (χ1v) is 6.74. The molecule has 0 aromatic carbocycles. The summed E-state index contributed by atoms with van der Waals surface area (Å²) in [5.41, 5.74) is 0. The second-order valence-corrected chi connectivity index (χ2v) is 6.13. The first-order chi connectivity index (χ1) is 7.78. The zero-order valence-corrected chi connectivity index (χ0v) is 9.82. The molecule has 4 aliphatic rings. The monoisotopic (exact) mass is 216 g/mol. The Balaban J connectivity index is 1.72. The van der Waals surface area contributed by atoms with E-state index in [1.165, 1.54) is 32.1 Å². The third-order valence-electron chi connectivity index (χ3n) is 5.11. The van der Waals surface area contributed by atoms with Gasteiger partial charge in [-0.25, -0.2) is 0 Å². The summed E-state index contributed by atoms with van der Waals surface area (Å²) in [4.78, 5) is 12.2. The maximum absolute atomic E-state index is 12.2. The molecule has 0 aliphatic heterocycles. The molecular formula is C15H20O. The molecular weight excluding hydrogens is 196 g/mol. The van der Waals surface area contributed by atoms with Gasteiger partial charge in [0, 0.05) is 18.8 Å². The Hall–Kier alpha value is -0.770. The van der Waals surface area contributed by atoms with E-state index >= 15 is 0 Å². The van der Waals surface area contributed by atoms with Crippen LogP contribution in [0.3, 0.4) is 0 Å². The number of ketones is 1. The molecule has 0 atom stereocenters. The summed E-state index contributed by atoms with van der Waals surface area (Å²) in [6.07, 6.45) is 13.3. The molecule has 4 fully saturated rings. The lowest BCUT2D eigenvalue weighted by atomic mass is 9.51. The Bertz CT molecular complexity index is 308. The number of Topliss-reactive ketones (excluding diaryl/α,β-unsaturated/α-hetero) is 1. The van der Waals surface area contributed by atoms with Crippen molar-refractivity contribution in [2.75, 3.05) is 0 Å². The van der Waals surface area contributed by atoms with Crippen LogP contribution in [0, 0.1) is 41.9 Å². The highest BCUT2D eigenvalue weighted by molar-refractivity contribution is 5.82. The normalized spacial score (nSPS) is 44.3. The topological polar surface area (TPSA) is 17.1 Å². The Morgan fingerprint density at radius 1 is 1.06 bits per heavy atom. The van der Waals surface area contributed by atoms with Crippen molar-refractivity contribution in [1.29, 1.82) is 0 Å². The molecule has 1 nitrogen and oxygen atoms in total. The van der Waals surface area contributed by atoms with Crippen LogP contribution in [-0.2, 0) is 4.79 Å². The minimum atomic E-state index is 0.390. The van der Waals surface area contributed by atoms with E-state index in [4.69, 9.17) is 6.42 Å². The standard InChI is InChI=1S/C15H20O/c1-2-3-4-14(16)15-12-6-10-5-11(8-12)9-13(15)7-10/h1,10-13,15H,3-9H2. The summed E-state index contributed by atoms with van der Waals surface area (Å²) in [7, 11) is 0. The second kappa shape index (κ2) is 3.91. The van der Waals surface area contributed by atoms with Gasteiger partial charge in [-0.05, 0) is 55.8 Å². The van der Waals surface area contributed by atoms with Crippen molar-refractivity contribution in [2.45, 2.75) is 44.9 Å². The Morgan fingerprint density at radius 3 is 2.12 bits per heavy atom. The molecule has 0 unspecified atom stereocenters. The van der Waals surface area contributed by atoms with Crippen molar-refractivity contribution < 1.29 is 4.79 Å². The summed E-state index contributed by atoms with van der Waals surface area (Å²) >= 11 is 0. The van der Waals surface area contributed by atoms with Crippen LogP contribution in [0.5, 0.6) is 0 Å². The van der Waals surface area contributed by atoms with Crippen molar-refractivity contribution in [3.63, 3.8) is 0 Å². The van der Waals surface area contributed by atoms with E-state index in [1.807, 2.05) is 0 Å². The van der Waals surface area contributed by atoms with Crippen LogP contribution in [-0.4, -0.2) is 5.78 Å². The van der Waals surface area contributed by atoms with Crippen molar-refractivity contribution in [3.8, 4) is 12.3 Å². The van der Waals surface area contributed by atoms with Crippen molar-refractivity contribution in [1.82, 2.24) is 0 Å². The van der Waals surface area contributed by atoms with Crippen LogP contribution in [0.2, 0.25) is 0 Å². The molecule has 0 aromatic rings. The molecule has 0 saturated heterocycles. The molecule has 4 rings (SSSR count). The molecule has 4 bridgehead atoms. The number of carbonyl (C=O) groups is 1. The van der Waals surface area contributed by atoms with Gasteiger partial charge in [0.05, 0.1) is 0 Å². The minimum Gasteiger partial charge on any atom is -0.299 e. The molecule has 4 saturated carbocycles. The van der Waals surface area contributed by atoms with Crippen LogP contribution in [0.15, 0.2) is 0 Å². The summed E-state index contributed by atoms with van der Waals surface area (Å²) in [6.45, 7) is 0. The highest BCUT2D eigenvalue weighted by Crippen LogP contribution is 2.56. The maximum atomic E-state index is 12.2. The molecule has 0 heterocycles. The largest absolute Gasteiger partial charge is 0.299 e. The lowest BCUT2D eigenvalue weighted by molar-refractivity contribution is -0.135. The molecule has 4 aliphatic carbocycles. The van der Waals surface area contributed by atoms with Gasteiger partial charge in [-0.2, -0.15) is 0 Å². The zero-order chi connectivity index (χ0) is 11.1. The molecule has 0 amide bonds. The maximum Gasteiger partial charge on any atom is 0.137 e. The Kier molecular flexibility index (Phi) is 2.54. The van der Waals surface area contributed by atoms with Gasteiger partial charge in [-0.1, -0.05) is 0 Å². The summed E-state index contributed by atoms with van der Waals surface area (Å²) in [5.74, 6) is 6.83. The molecule has 1 heteroatoms. The molecule has 0 radical (unpaired) electrons. The lowest BCUT2D eigenvalue weighted by Gasteiger charge is -2.53. The molecule has 0 aromatic heterocycles. The van der Waals surface area contributed by atoms with E-state index in [0.717, 1.165) is 23.7 Å². The second-order valence-electron chi connectivity index (χ2n) is 6.13. The van der Waals surface area contributed by atoms with Crippen LogP contribution in [0.4, 0.5) is 0 Å². The van der Waals surface area contributed by atoms with Gasteiger partial charge in [0.2, 0.25) is 0 Å². The zero-order valence-electron chi connectivity index (χ0n) is 9.82. The van der Waals surface area contributed by atoms with Gasteiger partial charge in [0.25, 0.3) is 0 Å². The minimum absolute atomic E-state index is 0.390. The van der Waals surface area contributed by atoms with Gasteiger partial charge in [-0.3, -0.25) is 4.79 Å². The number of carbonyl (C=O) groups excluding carboxylic acids is 1. The van der Waals surface area contributed by atoms with Crippen molar-refractivity contribution in [2.24, 2.45) is 29.6 Å². The van der Waals surface area contributed by atoms with Gasteiger partial charge >= 0.3 is 0 Å². The van der Waals surface area contributed by atoms with Crippen molar-refractivity contribution in [3.05, 3.63) is 0 Å². The average Bonchev–Trinajstić information content (AvgIpc) is 2.24. The van der Waals surface area contributed by atoms with E-state index in [9.17, 15) is 4.79 Å². The third-order valence-corrected chi connectivity index (χ3v) is 5.11. The van der Waals surface area contributed by atoms with Gasteiger partial charge < -0.3 is 0 Å². The lowest BCUT2D eigenvalue weighted by Crippen LogP contribution is -2.47. The Morgan fingerprint density at radius 2 is 1.62 bits per heavy atom. The molecule has 16 heavy (non-hydrogen) atoms. The first kappa shape index (κ1) is 10.4. The average molecular weight is 216 g/mol. The molecule has 0 spiro atoms. The summed E-state index contributed by atoms with van der Waals surface area (Å²) < 4.78 is 0. The summed E-state index contributed by atoms with van der Waals surface area (Å²) in [6, 6.07) is 0. The van der Waals surface area contributed by atoms with E-state index < -0.39 is 0 Å². The fraction of sp³-hybridized carbons (Fsp3) is 0.800. The number of hydrogen-bond donors (Lipinski definition) is 0. The smallest absolute Gasteiger partial charge is 0.137 e. The van der Waals surface area contributed by atoms with Crippen molar-refractivity contribution >= 4 is 5.78 Å². The summed E-state index contributed by atoms with van der Waals surface area (Å²) in [5, 5.41) is 0. The predicted molar refractivity (Wildman–Crippen MR) is 63.6 cm³/mol. The fourth-order valence-electron chi connectivity index (χ4n) is 4.81. The number of rotatable bonds is 3. The SMILES string of the molecule is C#CCCC(=O)C1C2CC3CC(C2)CC1C3. The highest BCUT2D eigenvalue weighted by Gasteiger charge is 2.50. The Labute approximate surface area is 98.0 Å². The third kappa shape index (κ3) is 1.59. The van der Waals surface area contributed by atoms with Crippen LogP contribution in [0.25, 0.3) is 0 Å². The van der Waals surface area contributed by atoms with E-state index in [0.29, 0.717) is 24.5 Å². The van der Waals surface area contributed by atoms with Gasteiger partial charge in [0.15, 0.2) is 0 Å². The van der Waals surface area contributed by atoms with E-state index in [1.54, 1.807) is 0 Å². The fourth-order valence-corrected chi connectivity index (χ4v) is 4.81. The number of terminal acetylenes is 1. The van der Waals surface area contributed by atoms with E-state index in [2.05, 4.69) is 5.92 Å². The molecule has 86 valence electrons. The quantitative estimate of drug-likeness (QED) is 0.663. The first-order valence-electron chi connectivity index (χ1n) is 6.74. The number of hydrogen-bond acceptors (Lipinski definition) is 1. The molecule has 0 N–H and O–H groups in total. The van der Waals surface area contributed by atoms with E-state index in [-0.39, 0.29) is 0 Å². The van der Waals surface area contributed by atoms with Gasteiger partial charge in [-0.15, -0.1) is 12.3 Å². The van der Waals surface area contributed by atoms with Crippen LogP contribution in [0.1, 0.15) is 44.9 Å².